The summed E-state index contributed by atoms with van der Waals surface area (Å²) in [5.74, 6) is 3.31. The average Bonchev–Trinajstić information content (AvgIpc) is 2.75. The fraction of sp³-hybridized carbons (Fsp3) is 0.438. The Hall–Kier alpha value is -1.59. The molecule has 2 unspecified atom stereocenters. The molecule has 0 N–H and O–H groups in total. The molecule has 18 heavy (non-hydrogen) atoms. The van der Waals surface area contributed by atoms with Gasteiger partial charge in [0.2, 0.25) is 0 Å². The maximum atomic E-state index is 5.41. The van der Waals surface area contributed by atoms with E-state index in [0.717, 1.165) is 31.7 Å². The number of benzene rings is 1. The van der Waals surface area contributed by atoms with E-state index >= 15 is 0 Å². The second-order valence-corrected chi connectivity index (χ2v) is 5.41. The van der Waals surface area contributed by atoms with Crippen LogP contribution in [-0.2, 0) is 5.41 Å². The fourth-order valence-corrected chi connectivity index (χ4v) is 3.33. The minimum Gasteiger partial charge on any atom is -0.292 e. The summed E-state index contributed by atoms with van der Waals surface area (Å²) in [7, 11) is 0. The van der Waals surface area contributed by atoms with Crippen molar-refractivity contribution in [2.45, 2.75) is 18.8 Å². The Kier molecular flexibility index (Phi) is 2.72. The summed E-state index contributed by atoms with van der Waals surface area (Å²) in [4.78, 5) is 6.98. The summed E-state index contributed by atoms with van der Waals surface area (Å²) < 4.78 is 0. The predicted octanol–water partition coefficient (Wildman–Crippen LogP) is 2.62. The molecular weight excluding hydrogens is 220 g/mol. The van der Waals surface area contributed by atoms with Crippen molar-refractivity contribution in [3.63, 3.8) is 0 Å². The maximum Gasteiger partial charge on any atom is 0.0667 e. The Morgan fingerprint density at radius 3 is 3.11 bits per heavy atom. The van der Waals surface area contributed by atoms with Crippen LogP contribution in [-0.4, -0.2) is 30.7 Å². The van der Waals surface area contributed by atoms with Crippen molar-refractivity contribution in [2.75, 3.05) is 19.6 Å². The molecule has 0 bridgehead atoms. The molecule has 2 aliphatic rings. The van der Waals surface area contributed by atoms with E-state index in [4.69, 9.17) is 6.42 Å². The molecule has 1 aromatic carbocycles. The van der Waals surface area contributed by atoms with Crippen molar-refractivity contribution in [3.8, 4) is 12.3 Å². The van der Waals surface area contributed by atoms with Crippen LogP contribution in [0, 0.1) is 18.3 Å². The number of nitrogens with zero attached hydrogens (tertiary/aromatic N) is 2. The van der Waals surface area contributed by atoms with Crippen LogP contribution in [0.15, 0.2) is 29.3 Å². The zero-order chi connectivity index (χ0) is 12.6. The smallest absolute Gasteiger partial charge is 0.0667 e. The molecule has 2 nitrogen and oxygen atoms in total. The van der Waals surface area contributed by atoms with Crippen LogP contribution in [0.2, 0.25) is 0 Å². The molecule has 2 heteroatoms. The van der Waals surface area contributed by atoms with E-state index in [2.05, 4.69) is 53.2 Å². The van der Waals surface area contributed by atoms with Crippen LogP contribution in [0.5, 0.6) is 0 Å². The lowest BCUT2D eigenvalue weighted by Crippen LogP contribution is -2.49. The summed E-state index contributed by atoms with van der Waals surface area (Å²) in [6, 6.07) is 8.53. The van der Waals surface area contributed by atoms with Crippen molar-refractivity contribution >= 4 is 11.9 Å². The Bertz CT molecular complexity index is 526. The Morgan fingerprint density at radius 1 is 1.50 bits per heavy atom. The van der Waals surface area contributed by atoms with Gasteiger partial charge in [-0.15, -0.1) is 6.42 Å². The monoisotopic (exact) mass is 238 g/mol. The molecule has 92 valence electrons. The number of likely N-dealkylation sites (tertiary alicyclic amines) is 1. The Balaban J connectivity index is 1.91. The standard InChI is InChI=1S/C16H18N2/c1-3-9-18-10-8-16(13(2)11-18)12-17-15-7-5-4-6-14(15)16/h1,4-7,12-13H,8-11H2,2H3. The molecule has 2 heterocycles. The van der Waals surface area contributed by atoms with E-state index in [1.807, 2.05) is 0 Å². The van der Waals surface area contributed by atoms with Crippen LogP contribution in [0.1, 0.15) is 18.9 Å². The number of terminal acetylenes is 1. The minimum atomic E-state index is 0.141. The van der Waals surface area contributed by atoms with Gasteiger partial charge >= 0.3 is 0 Å². The van der Waals surface area contributed by atoms with E-state index in [0.29, 0.717) is 5.92 Å². The summed E-state index contributed by atoms with van der Waals surface area (Å²) in [6.07, 6.45) is 8.71. The van der Waals surface area contributed by atoms with Crippen molar-refractivity contribution in [3.05, 3.63) is 29.8 Å². The lowest BCUT2D eigenvalue weighted by molar-refractivity contribution is 0.156. The molecule has 0 aliphatic carbocycles. The van der Waals surface area contributed by atoms with E-state index < -0.39 is 0 Å². The number of hydrogen-bond acceptors (Lipinski definition) is 2. The molecule has 2 aliphatic heterocycles. The molecule has 3 rings (SSSR count). The lowest BCUT2D eigenvalue weighted by atomic mass is 9.68. The van der Waals surface area contributed by atoms with Crippen LogP contribution >= 0.6 is 0 Å². The van der Waals surface area contributed by atoms with Gasteiger partial charge in [-0.2, -0.15) is 0 Å². The van der Waals surface area contributed by atoms with E-state index in [1.54, 1.807) is 0 Å². The third kappa shape index (κ3) is 1.59. The van der Waals surface area contributed by atoms with Gasteiger partial charge in [-0.3, -0.25) is 9.89 Å². The van der Waals surface area contributed by atoms with E-state index in [-0.39, 0.29) is 5.41 Å². The van der Waals surface area contributed by atoms with Gasteiger partial charge in [-0.25, -0.2) is 0 Å². The molecule has 0 amide bonds. The second kappa shape index (κ2) is 4.26. The highest BCUT2D eigenvalue weighted by molar-refractivity contribution is 5.85. The summed E-state index contributed by atoms with van der Waals surface area (Å²) >= 11 is 0. The molecule has 1 spiro atoms. The first-order chi connectivity index (χ1) is 8.76. The number of para-hydroxylation sites is 1. The topological polar surface area (TPSA) is 15.6 Å². The molecule has 1 fully saturated rings. The third-order valence-corrected chi connectivity index (χ3v) is 4.41. The zero-order valence-electron chi connectivity index (χ0n) is 10.8. The second-order valence-electron chi connectivity index (χ2n) is 5.41. The van der Waals surface area contributed by atoms with Gasteiger partial charge in [0.05, 0.1) is 12.2 Å². The highest BCUT2D eigenvalue weighted by Crippen LogP contribution is 2.46. The van der Waals surface area contributed by atoms with Gasteiger partial charge in [0, 0.05) is 24.7 Å². The summed E-state index contributed by atoms with van der Waals surface area (Å²) in [5.41, 5.74) is 2.69. The number of rotatable bonds is 1. The van der Waals surface area contributed by atoms with Crippen molar-refractivity contribution in [1.29, 1.82) is 0 Å². The molecule has 0 saturated carbocycles. The molecule has 0 radical (unpaired) electrons. The van der Waals surface area contributed by atoms with Crippen LogP contribution < -0.4 is 0 Å². The number of hydrogen-bond donors (Lipinski definition) is 0. The quantitative estimate of drug-likeness (QED) is 0.687. The third-order valence-electron chi connectivity index (χ3n) is 4.41. The molecule has 0 aromatic heterocycles. The highest BCUT2D eigenvalue weighted by Gasteiger charge is 2.44. The van der Waals surface area contributed by atoms with Gasteiger partial charge < -0.3 is 0 Å². The van der Waals surface area contributed by atoms with Crippen LogP contribution in [0.3, 0.4) is 0 Å². The number of aliphatic imine (C=N–C) groups is 1. The minimum absolute atomic E-state index is 0.141. The normalized spacial score (nSPS) is 30.3. The maximum absolute atomic E-state index is 5.41. The van der Waals surface area contributed by atoms with Gasteiger partial charge in [0.1, 0.15) is 0 Å². The number of piperidine rings is 1. The first-order valence-electron chi connectivity index (χ1n) is 6.57. The SMILES string of the molecule is C#CCN1CCC2(C=Nc3ccccc32)C(C)C1. The Labute approximate surface area is 109 Å². The summed E-state index contributed by atoms with van der Waals surface area (Å²) in [5, 5.41) is 0. The van der Waals surface area contributed by atoms with E-state index in [1.165, 1.54) is 5.56 Å². The van der Waals surface area contributed by atoms with Crippen molar-refractivity contribution < 1.29 is 0 Å². The van der Waals surface area contributed by atoms with Gasteiger partial charge in [-0.1, -0.05) is 31.0 Å². The molecule has 1 saturated heterocycles. The van der Waals surface area contributed by atoms with Crippen LogP contribution in [0.4, 0.5) is 5.69 Å². The molecule has 1 aromatic rings. The largest absolute Gasteiger partial charge is 0.292 e. The average molecular weight is 238 g/mol. The van der Waals surface area contributed by atoms with Crippen molar-refractivity contribution in [1.82, 2.24) is 4.90 Å². The lowest BCUT2D eigenvalue weighted by Gasteiger charge is -2.43. The highest BCUT2D eigenvalue weighted by atomic mass is 15.1. The van der Waals surface area contributed by atoms with Gasteiger partial charge in [-0.05, 0) is 24.0 Å². The predicted molar refractivity (Wildman–Crippen MR) is 75.3 cm³/mol. The molecule has 2 atom stereocenters. The van der Waals surface area contributed by atoms with Crippen molar-refractivity contribution in [2.24, 2.45) is 10.9 Å². The van der Waals surface area contributed by atoms with Gasteiger partial charge in [0.15, 0.2) is 0 Å². The zero-order valence-corrected chi connectivity index (χ0v) is 10.8. The van der Waals surface area contributed by atoms with Gasteiger partial charge in [0.25, 0.3) is 0 Å². The van der Waals surface area contributed by atoms with Crippen LogP contribution in [0.25, 0.3) is 0 Å². The fourth-order valence-electron chi connectivity index (χ4n) is 3.33. The molecular formula is C16H18N2. The Morgan fingerprint density at radius 2 is 2.33 bits per heavy atom. The van der Waals surface area contributed by atoms with E-state index in [9.17, 15) is 0 Å². The first kappa shape index (κ1) is 11.5. The summed E-state index contributed by atoms with van der Waals surface area (Å²) in [6.45, 7) is 5.20. The number of fused-ring (bicyclic) bond motifs is 2. The first-order valence-corrected chi connectivity index (χ1v) is 6.57.